The number of Topliss-reactive ketones (excluding diaryl/α,β-unsaturated/α-hetero) is 1. The van der Waals surface area contributed by atoms with Crippen molar-refractivity contribution in [3.8, 4) is 0 Å². The fourth-order valence-electron chi connectivity index (χ4n) is 2.43. The molecule has 14 heavy (non-hydrogen) atoms. The minimum absolute atomic E-state index is 0.190. The molecule has 2 rings (SSSR count). The monoisotopic (exact) mass is 196 g/mol. The molecule has 0 N–H and O–H groups in total. The van der Waals surface area contributed by atoms with Crippen molar-refractivity contribution in [1.29, 1.82) is 0 Å². The number of carbonyl (C=O) groups is 1. The summed E-state index contributed by atoms with van der Waals surface area (Å²) in [6, 6.07) is 0. The SMILES string of the molecule is CC1(C)C(=O)CC1OCC1CCCC1. The standard InChI is InChI=1S/C12H20O2/c1-12(2)10(13)7-11(12)14-8-9-5-3-4-6-9/h9,11H,3-8H2,1-2H3. The van der Waals surface area contributed by atoms with Gasteiger partial charge in [-0.2, -0.15) is 0 Å². The minimum atomic E-state index is -0.210. The van der Waals surface area contributed by atoms with Crippen LogP contribution in [0.1, 0.15) is 46.0 Å². The van der Waals surface area contributed by atoms with Crippen LogP contribution in [-0.2, 0) is 9.53 Å². The Kier molecular flexibility index (Phi) is 2.65. The van der Waals surface area contributed by atoms with Gasteiger partial charge in [-0.3, -0.25) is 4.79 Å². The molecule has 0 spiro atoms. The summed E-state index contributed by atoms with van der Waals surface area (Å²) < 4.78 is 5.83. The second kappa shape index (κ2) is 3.65. The van der Waals surface area contributed by atoms with Crippen molar-refractivity contribution in [3.63, 3.8) is 0 Å². The average molecular weight is 196 g/mol. The van der Waals surface area contributed by atoms with Crippen molar-refractivity contribution < 1.29 is 9.53 Å². The van der Waals surface area contributed by atoms with Crippen molar-refractivity contribution in [2.24, 2.45) is 11.3 Å². The second-order valence-corrected chi connectivity index (χ2v) is 5.32. The van der Waals surface area contributed by atoms with E-state index in [-0.39, 0.29) is 11.5 Å². The van der Waals surface area contributed by atoms with Gasteiger partial charge in [0.15, 0.2) is 0 Å². The Morgan fingerprint density at radius 1 is 1.36 bits per heavy atom. The Bertz CT molecular complexity index is 226. The topological polar surface area (TPSA) is 26.3 Å². The Morgan fingerprint density at radius 2 is 2.00 bits per heavy atom. The molecule has 0 aromatic rings. The average Bonchev–Trinajstić information content (AvgIpc) is 2.64. The summed E-state index contributed by atoms with van der Waals surface area (Å²) in [6.07, 6.45) is 6.19. The van der Waals surface area contributed by atoms with Gasteiger partial charge in [0.1, 0.15) is 5.78 Å². The van der Waals surface area contributed by atoms with Crippen LogP contribution in [0.5, 0.6) is 0 Å². The molecule has 0 heterocycles. The second-order valence-electron chi connectivity index (χ2n) is 5.32. The molecule has 0 radical (unpaired) electrons. The molecule has 2 aliphatic carbocycles. The van der Waals surface area contributed by atoms with Gasteiger partial charge in [0, 0.05) is 13.0 Å². The van der Waals surface area contributed by atoms with Crippen molar-refractivity contribution >= 4 is 5.78 Å². The van der Waals surface area contributed by atoms with Crippen molar-refractivity contribution in [1.82, 2.24) is 0 Å². The van der Waals surface area contributed by atoms with Crippen LogP contribution in [0, 0.1) is 11.3 Å². The molecular weight excluding hydrogens is 176 g/mol. The predicted molar refractivity (Wildman–Crippen MR) is 55.1 cm³/mol. The van der Waals surface area contributed by atoms with Gasteiger partial charge in [-0.15, -0.1) is 0 Å². The quantitative estimate of drug-likeness (QED) is 0.693. The highest BCUT2D eigenvalue weighted by atomic mass is 16.5. The Hall–Kier alpha value is -0.370. The first-order valence-corrected chi connectivity index (χ1v) is 5.75. The third-order valence-electron chi connectivity index (χ3n) is 3.90. The summed E-state index contributed by atoms with van der Waals surface area (Å²) in [7, 11) is 0. The van der Waals surface area contributed by atoms with Gasteiger partial charge in [0.2, 0.25) is 0 Å². The summed E-state index contributed by atoms with van der Waals surface area (Å²) in [4.78, 5) is 11.3. The fraction of sp³-hybridized carbons (Fsp3) is 0.917. The number of ketones is 1. The molecule has 2 aliphatic rings. The van der Waals surface area contributed by atoms with Crippen LogP contribution in [0.2, 0.25) is 0 Å². The Morgan fingerprint density at radius 3 is 2.50 bits per heavy atom. The minimum Gasteiger partial charge on any atom is -0.376 e. The first kappa shape index (κ1) is 10.2. The lowest BCUT2D eigenvalue weighted by molar-refractivity contribution is -0.159. The van der Waals surface area contributed by atoms with E-state index in [9.17, 15) is 4.79 Å². The van der Waals surface area contributed by atoms with Gasteiger partial charge in [-0.05, 0) is 18.8 Å². The van der Waals surface area contributed by atoms with E-state index < -0.39 is 0 Å². The molecule has 0 amide bonds. The van der Waals surface area contributed by atoms with Crippen molar-refractivity contribution in [2.75, 3.05) is 6.61 Å². The normalized spacial score (nSPS) is 31.9. The van der Waals surface area contributed by atoms with Gasteiger partial charge in [0.05, 0.1) is 11.5 Å². The van der Waals surface area contributed by atoms with Crippen LogP contribution >= 0.6 is 0 Å². The molecule has 2 heteroatoms. The van der Waals surface area contributed by atoms with Crippen LogP contribution in [-0.4, -0.2) is 18.5 Å². The zero-order valence-electron chi connectivity index (χ0n) is 9.21. The largest absolute Gasteiger partial charge is 0.376 e. The van der Waals surface area contributed by atoms with Gasteiger partial charge in [0.25, 0.3) is 0 Å². The first-order valence-electron chi connectivity index (χ1n) is 5.75. The number of carbonyl (C=O) groups excluding carboxylic acids is 1. The van der Waals surface area contributed by atoms with Crippen LogP contribution in [0.15, 0.2) is 0 Å². The van der Waals surface area contributed by atoms with E-state index in [2.05, 4.69) is 0 Å². The molecule has 1 unspecified atom stereocenters. The fourth-order valence-corrected chi connectivity index (χ4v) is 2.43. The highest BCUT2D eigenvalue weighted by Gasteiger charge is 2.48. The number of hydrogen-bond acceptors (Lipinski definition) is 2. The maximum Gasteiger partial charge on any atom is 0.143 e. The van der Waals surface area contributed by atoms with E-state index in [1.807, 2.05) is 13.8 Å². The number of hydrogen-bond donors (Lipinski definition) is 0. The number of rotatable bonds is 3. The molecule has 0 aromatic heterocycles. The molecular formula is C12H20O2. The highest BCUT2D eigenvalue weighted by molar-refractivity contribution is 5.91. The van der Waals surface area contributed by atoms with Crippen molar-refractivity contribution in [2.45, 2.75) is 52.1 Å². The van der Waals surface area contributed by atoms with Gasteiger partial charge < -0.3 is 4.74 Å². The molecule has 0 aliphatic heterocycles. The van der Waals surface area contributed by atoms with Gasteiger partial charge >= 0.3 is 0 Å². The van der Waals surface area contributed by atoms with E-state index in [0.29, 0.717) is 12.2 Å². The zero-order chi connectivity index (χ0) is 10.2. The van der Waals surface area contributed by atoms with E-state index in [1.165, 1.54) is 25.7 Å². The van der Waals surface area contributed by atoms with Crippen LogP contribution in [0.25, 0.3) is 0 Å². The maximum absolute atomic E-state index is 11.3. The Balaban J connectivity index is 1.74. The molecule has 0 aromatic carbocycles. The lowest BCUT2D eigenvalue weighted by Gasteiger charge is -2.42. The molecule has 80 valence electrons. The van der Waals surface area contributed by atoms with E-state index in [0.717, 1.165) is 12.5 Å². The lowest BCUT2D eigenvalue weighted by Crippen LogP contribution is -2.51. The van der Waals surface area contributed by atoms with Crippen molar-refractivity contribution in [3.05, 3.63) is 0 Å². The third kappa shape index (κ3) is 1.72. The van der Waals surface area contributed by atoms with Gasteiger partial charge in [-0.1, -0.05) is 26.7 Å². The summed E-state index contributed by atoms with van der Waals surface area (Å²) >= 11 is 0. The number of ether oxygens (including phenoxy) is 1. The molecule has 2 fully saturated rings. The molecule has 1 atom stereocenters. The third-order valence-corrected chi connectivity index (χ3v) is 3.90. The zero-order valence-corrected chi connectivity index (χ0v) is 9.21. The molecule has 0 saturated heterocycles. The summed E-state index contributed by atoms with van der Waals surface area (Å²) in [5.74, 6) is 1.12. The van der Waals surface area contributed by atoms with Crippen LogP contribution < -0.4 is 0 Å². The summed E-state index contributed by atoms with van der Waals surface area (Å²) in [5.41, 5.74) is -0.210. The molecule has 2 nitrogen and oxygen atoms in total. The molecule has 0 bridgehead atoms. The lowest BCUT2D eigenvalue weighted by atomic mass is 9.68. The van der Waals surface area contributed by atoms with E-state index in [1.54, 1.807) is 0 Å². The first-order chi connectivity index (χ1) is 6.60. The van der Waals surface area contributed by atoms with Gasteiger partial charge in [-0.25, -0.2) is 0 Å². The van der Waals surface area contributed by atoms with Crippen LogP contribution in [0.4, 0.5) is 0 Å². The highest BCUT2D eigenvalue weighted by Crippen LogP contribution is 2.39. The maximum atomic E-state index is 11.3. The summed E-state index contributed by atoms with van der Waals surface area (Å²) in [6.45, 7) is 4.87. The smallest absolute Gasteiger partial charge is 0.143 e. The molecule has 2 saturated carbocycles. The van der Waals surface area contributed by atoms with E-state index in [4.69, 9.17) is 4.74 Å². The summed E-state index contributed by atoms with van der Waals surface area (Å²) in [5, 5.41) is 0. The predicted octanol–water partition coefficient (Wildman–Crippen LogP) is 2.56. The van der Waals surface area contributed by atoms with Crippen LogP contribution in [0.3, 0.4) is 0 Å². The van der Waals surface area contributed by atoms with E-state index >= 15 is 0 Å². The Labute approximate surface area is 86.0 Å².